The Morgan fingerprint density at radius 3 is 2.62 bits per heavy atom. The smallest absolute Gasteiger partial charge is 0.0597 e. The van der Waals surface area contributed by atoms with Gasteiger partial charge in [-0.1, -0.05) is 32.6 Å². The molecule has 1 aromatic heterocycles. The Morgan fingerprint density at radius 1 is 1.25 bits per heavy atom. The molecular weight excluding hydrogens is 198 g/mol. The highest BCUT2D eigenvalue weighted by Crippen LogP contribution is 2.03. The van der Waals surface area contributed by atoms with Crippen LogP contribution in [0.3, 0.4) is 0 Å². The number of nitrogens with one attached hydrogen (secondary N) is 1. The largest absolute Gasteiger partial charge is 0.311 e. The molecule has 0 aliphatic carbocycles. The van der Waals surface area contributed by atoms with Gasteiger partial charge in [0.15, 0.2) is 0 Å². The van der Waals surface area contributed by atoms with Gasteiger partial charge >= 0.3 is 0 Å². The number of unbranched alkanes of at least 4 members (excludes halogenated alkanes) is 4. The monoisotopic (exact) mass is 223 g/mol. The van der Waals surface area contributed by atoms with E-state index >= 15 is 0 Å². The zero-order valence-electron chi connectivity index (χ0n) is 10.9. The molecule has 0 bridgehead atoms. The summed E-state index contributed by atoms with van der Waals surface area (Å²) >= 11 is 0. The fourth-order valence-corrected chi connectivity index (χ4v) is 1.90. The van der Waals surface area contributed by atoms with Crippen LogP contribution in [-0.2, 0) is 13.6 Å². The first-order valence-electron chi connectivity index (χ1n) is 6.44. The average Bonchev–Trinajstić information content (AvgIpc) is 2.56. The third-order valence-electron chi connectivity index (χ3n) is 2.86. The zero-order valence-corrected chi connectivity index (χ0v) is 10.9. The molecule has 3 nitrogen and oxygen atoms in total. The first-order valence-corrected chi connectivity index (χ1v) is 6.44. The highest BCUT2D eigenvalue weighted by molar-refractivity contribution is 5.08. The minimum Gasteiger partial charge on any atom is -0.311 e. The van der Waals surface area contributed by atoms with E-state index in [2.05, 4.69) is 23.4 Å². The molecule has 0 fully saturated rings. The van der Waals surface area contributed by atoms with E-state index in [-0.39, 0.29) is 0 Å². The zero-order chi connectivity index (χ0) is 11.8. The number of aryl methyl sites for hydroxylation is 2. The van der Waals surface area contributed by atoms with E-state index in [1.807, 2.05) is 18.7 Å². The molecule has 0 saturated heterocycles. The van der Waals surface area contributed by atoms with Gasteiger partial charge in [0, 0.05) is 13.6 Å². The van der Waals surface area contributed by atoms with Crippen LogP contribution in [0.4, 0.5) is 0 Å². The molecule has 0 radical (unpaired) electrons. The van der Waals surface area contributed by atoms with E-state index in [0.717, 1.165) is 18.8 Å². The van der Waals surface area contributed by atoms with Gasteiger partial charge in [-0.2, -0.15) is 5.10 Å². The Kier molecular flexibility index (Phi) is 6.16. The topological polar surface area (TPSA) is 29.9 Å². The van der Waals surface area contributed by atoms with E-state index in [1.165, 1.54) is 37.8 Å². The second kappa shape index (κ2) is 7.44. The second-order valence-corrected chi connectivity index (χ2v) is 4.49. The molecule has 3 heteroatoms. The van der Waals surface area contributed by atoms with Crippen LogP contribution in [0, 0.1) is 6.92 Å². The van der Waals surface area contributed by atoms with Crippen LogP contribution < -0.4 is 5.32 Å². The number of rotatable bonds is 8. The molecule has 16 heavy (non-hydrogen) atoms. The molecule has 1 rings (SSSR count). The summed E-state index contributed by atoms with van der Waals surface area (Å²) in [5.41, 5.74) is 2.37. The lowest BCUT2D eigenvalue weighted by atomic mass is 10.1. The third-order valence-corrected chi connectivity index (χ3v) is 2.86. The number of hydrogen-bond donors (Lipinski definition) is 1. The Balaban J connectivity index is 2.05. The third kappa shape index (κ3) is 4.79. The molecular formula is C13H25N3. The lowest BCUT2D eigenvalue weighted by Gasteiger charge is -2.04. The summed E-state index contributed by atoms with van der Waals surface area (Å²) in [6, 6.07) is 2.14. The molecule has 0 amide bonds. The maximum atomic E-state index is 4.33. The highest BCUT2D eigenvalue weighted by atomic mass is 15.3. The summed E-state index contributed by atoms with van der Waals surface area (Å²) < 4.78 is 1.96. The van der Waals surface area contributed by atoms with Crippen LogP contribution in [-0.4, -0.2) is 16.3 Å². The molecule has 0 atom stereocenters. The predicted octanol–water partition coefficient (Wildman–Crippen LogP) is 2.79. The Hall–Kier alpha value is -0.830. The predicted molar refractivity (Wildman–Crippen MR) is 68.4 cm³/mol. The van der Waals surface area contributed by atoms with Gasteiger partial charge < -0.3 is 5.32 Å². The van der Waals surface area contributed by atoms with Crippen LogP contribution >= 0.6 is 0 Å². The maximum absolute atomic E-state index is 4.33. The van der Waals surface area contributed by atoms with E-state index in [9.17, 15) is 0 Å². The van der Waals surface area contributed by atoms with Crippen molar-refractivity contribution in [2.75, 3.05) is 6.54 Å². The van der Waals surface area contributed by atoms with Crippen LogP contribution in [0.2, 0.25) is 0 Å². The van der Waals surface area contributed by atoms with E-state index in [4.69, 9.17) is 0 Å². The summed E-state index contributed by atoms with van der Waals surface area (Å²) in [6.45, 7) is 6.34. The van der Waals surface area contributed by atoms with Crippen molar-refractivity contribution in [1.82, 2.24) is 15.1 Å². The van der Waals surface area contributed by atoms with Crippen molar-refractivity contribution in [2.24, 2.45) is 7.05 Å². The fraction of sp³-hybridized carbons (Fsp3) is 0.769. The van der Waals surface area contributed by atoms with Gasteiger partial charge in [0.05, 0.1) is 11.4 Å². The van der Waals surface area contributed by atoms with Gasteiger partial charge in [0.25, 0.3) is 0 Å². The van der Waals surface area contributed by atoms with Crippen molar-refractivity contribution in [2.45, 2.75) is 52.5 Å². The molecule has 0 aliphatic rings. The number of aromatic nitrogens is 2. The quantitative estimate of drug-likeness (QED) is 0.687. The molecule has 92 valence electrons. The van der Waals surface area contributed by atoms with Gasteiger partial charge in [-0.3, -0.25) is 4.68 Å². The van der Waals surface area contributed by atoms with Crippen molar-refractivity contribution in [3.8, 4) is 0 Å². The lowest BCUT2D eigenvalue weighted by molar-refractivity contribution is 0.567. The molecule has 0 spiro atoms. The molecule has 0 aromatic carbocycles. The van der Waals surface area contributed by atoms with Gasteiger partial charge in [0.2, 0.25) is 0 Å². The van der Waals surface area contributed by atoms with Crippen LogP contribution in [0.25, 0.3) is 0 Å². The fourth-order valence-electron chi connectivity index (χ4n) is 1.90. The second-order valence-electron chi connectivity index (χ2n) is 4.49. The van der Waals surface area contributed by atoms with Crippen molar-refractivity contribution in [1.29, 1.82) is 0 Å². The Labute approximate surface area is 99.2 Å². The first-order chi connectivity index (χ1) is 7.74. The molecule has 1 aromatic rings. The van der Waals surface area contributed by atoms with E-state index in [0.29, 0.717) is 0 Å². The molecule has 1 heterocycles. The van der Waals surface area contributed by atoms with Crippen molar-refractivity contribution < 1.29 is 0 Å². The molecule has 0 aliphatic heterocycles. The van der Waals surface area contributed by atoms with Crippen LogP contribution in [0.1, 0.15) is 50.4 Å². The first kappa shape index (κ1) is 13.2. The number of hydrogen-bond acceptors (Lipinski definition) is 2. The van der Waals surface area contributed by atoms with E-state index < -0.39 is 0 Å². The molecule has 1 N–H and O–H groups in total. The Bertz CT molecular complexity index is 291. The van der Waals surface area contributed by atoms with E-state index in [1.54, 1.807) is 0 Å². The number of nitrogens with zero attached hydrogens (tertiary/aromatic N) is 2. The summed E-state index contributed by atoms with van der Waals surface area (Å²) in [5, 5.41) is 7.80. The summed E-state index contributed by atoms with van der Waals surface area (Å²) in [6.07, 6.45) is 6.72. The molecule has 0 unspecified atom stereocenters. The summed E-state index contributed by atoms with van der Waals surface area (Å²) in [7, 11) is 2.01. The minimum atomic E-state index is 0.936. The van der Waals surface area contributed by atoms with Crippen molar-refractivity contribution >= 4 is 0 Å². The highest BCUT2D eigenvalue weighted by Gasteiger charge is 2.00. The van der Waals surface area contributed by atoms with Crippen molar-refractivity contribution in [3.05, 3.63) is 17.5 Å². The van der Waals surface area contributed by atoms with Gasteiger partial charge in [-0.25, -0.2) is 0 Å². The SMILES string of the molecule is CCCCCCCNCc1cc(C)nn1C. The van der Waals surface area contributed by atoms with Gasteiger partial charge in [-0.05, 0) is 26.0 Å². The maximum Gasteiger partial charge on any atom is 0.0597 e. The normalized spacial score (nSPS) is 10.9. The standard InChI is InChI=1S/C13H25N3/c1-4-5-6-7-8-9-14-11-13-10-12(2)15-16(13)3/h10,14H,4-9,11H2,1-3H3. The van der Waals surface area contributed by atoms with Crippen LogP contribution in [0.5, 0.6) is 0 Å². The lowest BCUT2D eigenvalue weighted by Crippen LogP contribution is -2.16. The summed E-state index contributed by atoms with van der Waals surface area (Å²) in [5.74, 6) is 0. The Morgan fingerprint density at radius 2 is 2.00 bits per heavy atom. The summed E-state index contributed by atoms with van der Waals surface area (Å²) in [4.78, 5) is 0. The average molecular weight is 223 g/mol. The van der Waals surface area contributed by atoms with Gasteiger partial charge in [-0.15, -0.1) is 0 Å². The van der Waals surface area contributed by atoms with Gasteiger partial charge in [0.1, 0.15) is 0 Å². The minimum absolute atomic E-state index is 0.936. The van der Waals surface area contributed by atoms with Crippen molar-refractivity contribution in [3.63, 3.8) is 0 Å². The van der Waals surface area contributed by atoms with Crippen LogP contribution in [0.15, 0.2) is 6.07 Å². The molecule has 0 saturated carbocycles.